The molecule has 4 aromatic rings. The van der Waals surface area contributed by atoms with Crippen LogP contribution in [0.3, 0.4) is 0 Å². The van der Waals surface area contributed by atoms with Gasteiger partial charge >= 0.3 is 0 Å². The molecule has 0 saturated carbocycles. The van der Waals surface area contributed by atoms with E-state index in [9.17, 15) is 4.79 Å². The number of rotatable bonds is 3. The lowest BCUT2D eigenvalue weighted by atomic mass is 10.2. The first-order valence-electron chi connectivity index (χ1n) is 7.94. The van der Waals surface area contributed by atoms with Crippen LogP contribution in [0.1, 0.15) is 5.69 Å². The van der Waals surface area contributed by atoms with Crippen LogP contribution in [-0.4, -0.2) is 19.7 Å². The van der Waals surface area contributed by atoms with Crippen LogP contribution in [0.4, 0.5) is 0 Å². The summed E-state index contributed by atoms with van der Waals surface area (Å²) in [6.07, 6.45) is 0. The molecule has 4 rings (SSSR count). The smallest absolute Gasteiger partial charge is 0.266 e. The Morgan fingerprint density at radius 1 is 1.00 bits per heavy atom. The third kappa shape index (κ3) is 3.00. The van der Waals surface area contributed by atoms with Gasteiger partial charge in [0.05, 0.1) is 22.3 Å². The van der Waals surface area contributed by atoms with Crippen molar-refractivity contribution in [1.29, 1.82) is 0 Å². The molecule has 7 heteroatoms. The Hall–Kier alpha value is -3.32. The van der Waals surface area contributed by atoms with Crippen LogP contribution in [0.5, 0.6) is 11.6 Å². The monoisotopic (exact) mass is 362 g/mol. The highest BCUT2D eigenvalue weighted by Gasteiger charge is 2.08. The first-order valence-corrected chi connectivity index (χ1v) is 8.35. The van der Waals surface area contributed by atoms with Gasteiger partial charge in [-0.2, -0.15) is 5.10 Å². The molecule has 0 saturated heterocycles. The summed E-state index contributed by atoms with van der Waals surface area (Å²) in [5.74, 6) is 0.999. The average Bonchev–Trinajstić information content (AvgIpc) is 2.65. The van der Waals surface area contributed by atoms with Gasteiger partial charge in [0.1, 0.15) is 5.75 Å². The van der Waals surface area contributed by atoms with E-state index in [0.717, 1.165) is 11.2 Å². The predicted octanol–water partition coefficient (Wildman–Crippen LogP) is 3.94. The fraction of sp³-hybridized carbons (Fsp3) is 0.0526. The Morgan fingerprint density at radius 3 is 2.50 bits per heavy atom. The van der Waals surface area contributed by atoms with Gasteiger partial charge < -0.3 is 9.72 Å². The molecule has 26 heavy (non-hydrogen) atoms. The van der Waals surface area contributed by atoms with Crippen molar-refractivity contribution in [3.05, 3.63) is 81.5 Å². The van der Waals surface area contributed by atoms with Crippen molar-refractivity contribution in [3.63, 3.8) is 0 Å². The maximum absolute atomic E-state index is 12.8. The summed E-state index contributed by atoms with van der Waals surface area (Å²) >= 11 is 5.36. The van der Waals surface area contributed by atoms with E-state index in [1.165, 1.54) is 4.57 Å². The third-order valence-corrected chi connectivity index (χ3v) is 4.18. The second kappa shape index (κ2) is 6.53. The van der Waals surface area contributed by atoms with Gasteiger partial charge in [-0.25, -0.2) is 0 Å². The highest BCUT2D eigenvalue weighted by atomic mass is 32.1. The van der Waals surface area contributed by atoms with Crippen molar-refractivity contribution in [1.82, 2.24) is 19.7 Å². The van der Waals surface area contributed by atoms with Gasteiger partial charge in [0.15, 0.2) is 4.77 Å². The Labute approximate surface area is 153 Å². The lowest BCUT2D eigenvalue weighted by Crippen LogP contribution is -2.20. The zero-order valence-electron chi connectivity index (χ0n) is 13.8. The molecular weight excluding hydrogens is 348 g/mol. The molecule has 1 N–H and O–H groups in total. The van der Waals surface area contributed by atoms with Crippen molar-refractivity contribution in [2.45, 2.75) is 6.92 Å². The molecule has 0 aliphatic carbocycles. The summed E-state index contributed by atoms with van der Waals surface area (Å²) in [4.78, 5) is 15.9. The number of para-hydroxylation sites is 1. The number of nitrogens with one attached hydrogen (secondary N) is 1. The Bertz CT molecular complexity index is 1200. The second-order valence-corrected chi connectivity index (χ2v) is 6.11. The number of nitrogens with zero attached hydrogens (tertiary/aromatic N) is 3. The standard InChI is InChI=1S/C19H14N4O2S/c1-12-6-11-17(22-21-12)25-14-9-7-13(8-10-14)23-18(24)15-4-2-3-5-16(15)20-19(23)26/h2-11H,1H3,(H,20,26). The fourth-order valence-corrected chi connectivity index (χ4v) is 2.92. The number of hydrogen-bond acceptors (Lipinski definition) is 5. The highest BCUT2D eigenvalue weighted by Crippen LogP contribution is 2.20. The van der Waals surface area contributed by atoms with Gasteiger partial charge in [0.25, 0.3) is 5.56 Å². The number of H-pyrrole nitrogens is 1. The van der Waals surface area contributed by atoms with Crippen LogP contribution >= 0.6 is 12.2 Å². The molecule has 0 unspecified atom stereocenters. The largest absolute Gasteiger partial charge is 0.438 e. The summed E-state index contributed by atoms with van der Waals surface area (Å²) in [6, 6.07) is 17.9. The van der Waals surface area contributed by atoms with E-state index in [2.05, 4.69) is 15.2 Å². The van der Waals surface area contributed by atoms with Gasteiger partial charge in [-0.15, -0.1) is 5.10 Å². The van der Waals surface area contributed by atoms with Crippen LogP contribution < -0.4 is 10.3 Å². The predicted molar refractivity (Wildman–Crippen MR) is 102 cm³/mol. The first kappa shape index (κ1) is 16.2. The highest BCUT2D eigenvalue weighted by molar-refractivity contribution is 7.71. The minimum Gasteiger partial charge on any atom is -0.438 e. The Kier molecular flexibility index (Phi) is 4.06. The Morgan fingerprint density at radius 2 is 1.77 bits per heavy atom. The van der Waals surface area contributed by atoms with E-state index in [-0.39, 0.29) is 5.56 Å². The maximum atomic E-state index is 12.8. The zero-order valence-corrected chi connectivity index (χ0v) is 14.7. The van der Waals surface area contributed by atoms with Crippen molar-refractivity contribution < 1.29 is 4.74 Å². The summed E-state index contributed by atoms with van der Waals surface area (Å²) in [7, 11) is 0. The molecule has 0 atom stereocenters. The molecule has 2 aromatic heterocycles. The molecule has 128 valence electrons. The van der Waals surface area contributed by atoms with Crippen molar-refractivity contribution >= 4 is 23.1 Å². The van der Waals surface area contributed by atoms with Gasteiger partial charge in [-0.05, 0) is 61.6 Å². The van der Waals surface area contributed by atoms with Crippen LogP contribution in [0.2, 0.25) is 0 Å². The molecule has 2 aromatic carbocycles. The molecule has 0 fully saturated rings. The van der Waals surface area contributed by atoms with E-state index in [0.29, 0.717) is 27.5 Å². The summed E-state index contributed by atoms with van der Waals surface area (Å²) in [5, 5.41) is 8.50. The number of ether oxygens (including phenoxy) is 1. The van der Waals surface area contributed by atoms with Gasteiger partial charge in [-0.1, -0.05) is 12.1 Å². The van der Waals surface area contributed by atoms with Crippen LogP contribution in [0.15, 0.2) is 65.5 Å². The molecule has 0 spiro atoms. The molecule has 0 amide bonds. The molecule has 0 radical (unpaired) electrons. The summed E-state index contributed by atoms with van der Waals surface area (Å²) < 4.78 is 7.47. The number of aromatic nitrogens is 4. The minimum atomic E-state index is -0.164. The number of aromatic amines is 1. The zero-order chi connectivity index (χ0) is 18.1. The third-order valence-electron chi connectivity index (χ3n) is 3.90. The molecule has 0 aliphatic heterocycles. The first-order chi connectivity index (χ1) is 12.6. The lowest BCUT2D eigenvalue weighted by molar-refractivity contribution is 0.454. The summed E-state index contributed by atoms with van der Waals surface area (Å²) in [5.41, 5.74) is 2.03. The van der Waals surface area contributed by atoms with Crippen LogP contribution in [0.25, 0.3) is 16.6 Å². The fourth-order valence-electron chi connectivity index (χ4n) is 2.62. The van der Waals surface area contributed by atoms with E-state index in [4.69, 9.17) is 17.0 Å². The van der Waals surface area contributed by atoms with Gasteiger partial charge in [0.2, 0.25) is 5.88 Å². The lowest BCUT2D eigenvalue weighted by Gasteiger charge is -2.09. The van der Waals surface area contributed by atoms with E-state index in [1.807, 2.05) is 31.2 Å². The van der Waals surface area contributed by atoms with Crippen molar-refractivity contribution in [3.8, 4) is 17.3 Å². The molecule has 2 heterocycles. The Balaban J connectivity index is 1.71. The normalized spacial score (nSPS) is 10.8. The van der Waals surface area contributed by atoms with Gasteiger partial charge in [0, 0.05) is 6.07 Å². The van der Waals surface area contributed by atoms with E-state index in [1.54, 1.807) is 36.4 Å². The number of aryl methyl sites for hydroxylation is 1. The van der Waals surface area contributed by atoms with Crippen LogP contribution in [-0.2, 0) is 0 Å². The SMILES string of the molecule is Cc1ccc(Oc2ccc(-n3c(=S)[nH]c4ccccc4c3=O)cc2)nn1. The number of hydrogen-bond donors (Lipinski definition) is 1. The second-order valence-electron chi connectivity index (χ2n) is 5.73. The molecule has 6 nitrogen and oxygen atoms in total. The van der Waals surface area contributed by atoms with E-state index < -0.39 is 0 Å². The van der Waals surface area contributed by atoms with Crippen LogP contribution in [0, 0.1) is 11.7 Å². The number of benzene rings is 2. The van der Waals surface area contributed by atoms with E-state index >= 15 is 0 Å². The molecular formula is C19H14N4O2S. The van der Waals surface area contributed by atoms with Crippen molar-refractivity contribution in [2.75, 3.05) is 0 Å². The van der Waals surface area contributed by atoms with Gasteiger partial charge in [-0.3, -0.25) is 9.36 Å². The minimum absolute atomic E-state index is 0.164. The average molecular weight is 362 g/mol. The molecule has 0 bridgehead atoms. The quantitative estimate of drug-likeness (QED) is 0.559. The molecule has 0 aliphatic rings. The van der Waals surface area contributed by atoms with Crippen molar-refractivity contribution in [2.24, 2.45) is 0 Å². The number of fused-ring (bicyclic) bond motifs is 1. The maximum Gasteiger partial charge on any atom is 0.266 e. The summed E-state index contributed by atoms with van der Waals surface area (Å²) in [6.45, 7) is 1.86. The topological polar surface area (TPSA) is 72.8 Å².